The summed E-state index contributed by atoms with van der Waals surface area (Å²) in [5.41, 5.74) is 2.09. The monoisotopic (exact) mass is 340 g/mol. The van der Waals surface area contributed by atoms with Crippen LogP contribution in [0.5, 0.6) is 11.6 Å². The number of benzene rings is 1. The summed E-state index contributed by atoms with van der Waals surface area (Å²) in [5, 5.41) is 3.65. The summed E-state index contributed by atoms with van der Waals surface area (Å²) in [6.45, 7) is 2.75. The average Bonchev–Trinajstić information content (AvgIpc) is 2.36. The lowest BCUT2D eigenvalue weighted by molar-refractivity contribution is 0.461. The van der Waals surface area contributed by atoms with Gasteiger partial charge in [-0.25, -0.2) is 4.98 Å². The fraction of sp³-hybridized carbons (Fsp3) is 0.214. The second-order valence-corrected chi connectivity index (χ2v) is 5.42. The maximum Gasteiger partial charge on any atom is 0.219 e. The molecule has 0 aliphatic carbocycles. The van der Waals surface area contributed by atoms with Gasteiger partial charge in [-0.3, -0.25) is 0 Å². The highest BCUT2D eigenvalue weighted by Gasteiger charge is 2.06. The second kappa shape index (κ2) is 6.37. The van der Waals surface area contributed by atoms with Crippen LogP contribution in [0.1, 0.15) is 11.3 Å². The molecule has 0 fully saturated rings. The summed E-state index contributed by atoms with van der Waals surface area (Å²) >= 11 is 9.46. The number of aryl methyl sites for hydroxylation is 1. The van der Waals surface area contributed by atoms with Gasteiger partial charge >= 0.3 is 0 Å². The molecule has 0 saturated heterocycles. The number of hydrogen-bond acceptors (Lipinski definition) is 3. The third-order valence-corrected chi connectivity index (χ3v) is 3.43. The molecular formula is C14H14BrClN2O. The van der Waals surface area contributed by atoms with Crippen LogP contribution in [-0.4, -0.2) is 12.0 Å². The van der Waals surface area contributed by atoms with Crippen molar-refractivity contribution in [2.75, 3.05) is 7.05 Å². The molecule has 0 radical (unpaired) electrons. The van der Waals surface area contributed by atoms with E-state index in [-0.39, 0.29) is 0 Å². The number of rotatable bonds is 4. The summed E-state index contributed by atoms with van der Waals surface area (Å²) in [7, 11) is 1.91. The predicted octanol–water partition coefficient (Wildman–Crippen LogP) is 4.32. The first-order chi connectivity index (χ1) is 9.10. The van der Waals surface area contributed by atoms with E-state index in [1.54, 1.807) is 6.07 Å². The fourth-order valence-electron chi connectivity index (χ4n) is 1.67. The van der Waals surface area contributed by atoms with E-state index in [2.05, 4.69) is 26.2 Å². The molecule has 19 heavy (non-hydrogen) atoms. The van der Waals surface area contributed by atoms with Crippen molar-refractivity contribution >= 4 is 27.5 Å². The first-order valence-electron chi connectivity index (χ1n) is 5.84. The number of ether oxygens (including phenoxy) is 1. The van der Waals surface area contributed by atoms with Gasteiger partial charge < -0.3 is 10.1 Å². The minimum Gasteiger partial charge on any atom is -0.437 e. The SMILES string of the molecule is CNCc1ccc(Oc2ccc(Br)cc2Cl)nc1C. The molecule has 1 aromatic heterocycles. The van der Waals surface area contributed by atoms with Gasteiger partial charge in [0.25, 0.3) is 0 Å². The average molecular weight is 342 g/mol. The zero-order valence-electron chi connectivity index (χ0n) is 10.7. The van der Waals surface area contributed by atoms with Crippen LogP contribution in [0, 0.1) is 6.92 Å². The number of aromatic nitrogens is 1. The van der Waals surface area contributed by atoms with Gasteiger partial charge in [-0.05, 0) is 37.7 Å². The highest BCUT2D eigenvalue weighted by atomic mass is 79.9. The Morgan fingerprint density at radius 3 is 2.74 bits per heavy atom. The molecule has 0 aliphatic rings. The molecule has 3 nitrogen and oxygen atoms in total. The van der Waals surface area contributed by atoms with E-state index < -0.39 is 0 Å². The van der Waals surface area contributed by atoms with Gasteiger partial charge in [-0.1, -0.05) is 33.6 Å². The molecular weight excluding hydrogens is 328 g/mol. The molecule has 100 valence electrons. The lowest BCUT2D eigenvalue weighted by atomic mass is 10.2. The normalized spacial score (nSPS) is 10.5. The van der Waals surface area contributed by atoms with Gasteiger partial charge in [0.15, 0.2) is 0 Å². The van der Waals surface area contributed by atoms with Crippen LogP contribution >= 0.6 is 27.5 Å². The molecule has 1 aromatic carbocycles. The number of halogens is 2. The Labute approximate surface area is 126 Å². The molecule has 0 saturated carbocycles. The maximum atomic E-state index is 6.11. The van der Waals surface area contributed by atoms with Crippen molar-refractivity contribution in [2.24, 2.45) is 0 Å². The molecule has 0 atom stereocenters. The van der Waals surface area contributed by atoms with Gasteiger partial charge in [-0.15, -0.1) is 0 Å². The van der Waals surface area contributed by atoms with Gasteiger partial charge in [0, 0.05) is 22.8 Å². The summed E-state index contributed by atoms with van der Waals surface area (Å²) in [5.74, 6) is 1.14. The van der Waals surface area contributed by atoms with E-state index in [1.165, 1.54) is 0 Å². The third kappa shape index (κ3) is 3.69. The number of nitrogens with zero attached hydrogens (tertiary/aromatic N) is 1. The molecule has 0 spiro atoms. The molecule has 0 aliphatic heterocycles. The van der Waals surface area contributed by atoms with E-state index in [0.29, 0.717) is 16.7 Å². The Bertz CT molecular complexity index is 590. The quantitative estimate of drug-likeness (QED) is 0.899. The van der Waals surface area contributed by atoms with Gasteiger partial charge in [0.05, 0.1) is 5.02 Å². The minimum absolute atomic E-state index is 0.543. The molecule has 2 rings (SSSR count). The zero-order valence-corrected chi connectivity index (χ0v) is 13.0. The Kier molecular flexibility index (Phi) is 4.80. The van der Waals surface area contributed by atoms with Crippen molar-refractivity contribution < 1.29 is 4.74 Å². The van der Waals surface area contributed by atoms with Gasteiger partial charge in [-0.2, -0.15) is 0 Å². The van der Waals surface area contributed by atoms with Crippen molar-refractivity contribution in [3.8, 4) is 11.6 Å². The highest BCUT2D eigenvalue weighted by Crippen LogP contribution is 2.31. The molecule has 0 bridgehead atoms. The van der Waals surface area contributed by atoms with Crippen LogP contribution < -0.4 is 10.1 Å². The van der Waals surface area contributed by atoms with Gasteiger partial charge in [0.2, 0.25) is 5.88 Å². The first kappa shape index (κ1) is 14.3. The summed E-state index contributed by atoms with van der Waals surface area (Å²) in [6, 6.07) is 9.33. The molecule has 0 amide bonds. The third-order valence-electron chi connectivity index (χ3n) is 2.65. The van der Waals surface area contributed by atoms with E-state index in [9.17, 15) is 0 Å². The number of pyridine rings is 1. The van der Waals surface area contributed by atoms with Crippen molar-refractivity contribution in [2.45, 2.75) is 13.5 Å². The predicted molar refractivity (Wildman–Crippen MR) is 81.0 cm³/mol. The Morgan fingerprint density at radius 2 is 2.11 bits per heavy atom. The van der Waals surface area contributed by atoms with Crippen LogP contribution in [0.25, 0.3) is 0 Å². The molecule has 5 heteroatoms. The smallest absolute Gasteiger partial charge is 0.219 e. The molecule has 1 N–H and O–H groups in total. The number of hydrogen-bond donors (Lipinski definition) is 1. The summed E-state index contributed by atoms with van der Waals surface area (Å²) < 4.78 is 6.61. The molecule has 2 aromatic rings. The Hall–Kier alpha value is -1.10. The summed E-state index contributed by atoms with van der Waals surface area (Å²) in [4.78, 5) is 4.42. The zero-order chi connectivity index (χ0) is 13.8. The molecule has 1 heterocycles. The fourth-order valence-corrected chi connectivity index (χ4v) is 2.38. The minimum atomic E-state index is 0.543. The van der Waals surface area contributed by atoms with E-state index >= 15 is 0 Å². The van der Waals surface area contributed by atoms with Crippen LogP contribution in [0.3, 0.4) is 0 Å². The maximum absolute atomic E-state index is 6.11. The van der Waals surface area contributed by atoms with E-state index in [4.69, 9.17) is 16.3 Å². The largest absolute Gasteiger partial charge is 0.437 e. The Morgan fingerprint density at radius 1 is 1.32 bits per heavy atom. The van der Waals surface area contributed by atoms with Crippen LogP contribution in [0.2, 0.25) is 5.02 Å². The highest BCUT2D eigenvalue weighted by molar-refractivity contribution is 9.10. The van der Waals surface area contributed by atoms with Crippen molar-refractivity contribution in [3.05, 3.63) is 51.1 Å². The van der Waals surface area contributed by atoms with Crippen LogP contribution in [0.4, 0.5) is 0 Å². The van der Waals surface area contributed by atoms with Crippen molar-refractivity contribution in [3.63, 3.8) is 0 Å². The first-order valence-corrected chi connectivity index (χ1v) is 7.01. The molecule has 0 unspecified atom stereocenters. The van der Waals surface area contributed by atoms with Gasteiger partial charge in [0.1, 0.15) is 5.75 Å². The summed E-state index contributed by atoms with van der Waals surface area (Å²) in [6.07, 6.45) is 0. The lowest BCUT2D eigenvalue weighted by Gasteiger charge is -2.10. The van der Waals surface area contributed by atoms with Crippen LogP contribution in [-0.2, 0) is 6.54 Å². The standard InChI is InChI=1S/C14H14BrClN2O/c1-9-10(8-17-2)3-6-14(18-9)19-13-5-4-11(15)7-12(13)16/h3-7,17H,8H2,1-2H3. The van der Waals surface area contributed by atoms with E-state index in [1.807, 2.05) is 38.2 Å². The Balaban J connectivity index is 2.21. The number of nitrogens with one attached hydrogen (secondary N) is 1. The van der Waals surface area contributed by atoms with Crippen molar-refractivity contribution in [1.82, 2.24) is 10.3 Å². The topological polar surface area (TPSA) is 34.1 Å². The van der Waals surface area contributed by atoms with E-state index in [0.717, 1.165) is 22.3 Å². The second-order valence-electron chi connectivity index (χ2n) is 4.10. The van der Waals surface area contributed by atoms with Crippen LogP contribution in [0.15, 0.2) is 34.8 Å². The van der Waals surface area contributed by atoms with Crippen molar-refractivity contribution in [1.29, 1.82) is 0 Å². The lowest BCUT2D eigenvalue weighted by Crippen LogP contribution is -2.07.